The summed E-state index contributed by atoms with van der Waals surface area (Å²) in [6.07, 6.45) is 0. The quantitative estimate of drug-likeness (QED) is 0.797. The summed E-state index contributed by atoms with van der Waals surface area (Å²) < 4.78 is 37.9. The number of rotatable bonds is 6. The van der Waals surface area contributed by atoms with E-state index < -0.39 is 10.0 Å². The first-order valence-corrected chi connectivity index (χ1v) is 8.89. The lowest BCUT2D eigenvalue weighted by molar-refractivity contribution is -0.0258. The van der Waals surface area contributed by atoms with Crippen molar-refractivity contribution in [1.29, 1.82) is 0 Å². The van der Waals surface area contributed by atoms with Gasteiger partial charge in [0.05, 0.1) is 18.0 Å². The highest BCUT2D eigenvalue weighted by Gasteiger charge is 2.21. The number of nitrogens with one attached hydrogen (secondary N) is 1. The number of carbonyl (C=O) groups is 1. The molecule has 2 aromatic rings. The Kier molecular flexibility index (Phi) is 5.89. The number of hydrogen-bond donors (Lipinski definition) is 1. The number of amides is 1. The zero-order valence-corrected chi connectivity index (χ0v) is 14.9. The zero-order valence-electron chi connectivity index (χ0n) is 14.1. The Labute approximate surface area is 146 Å². The molecular formula is C17H19FN2O4S. The first-order chi connectivity index (χ1) is 11.8. The van der Waals surface area contributed by atoms with Crippen molar-refractivity contribution in [2.24, 2.45) is 0 Å². The molecule has 0 heterocycles. The number of hydrogen-bond acceptors (Lipinski definition) is 4. The molecule has 1 amide bonds. The molecule has 1 atom stereocenters. The third kappa shape index (κ3) is 4.41. The summed E-state index contributed by atoms with van der Waals surface area (Å²) in [6.45, 7) is 1.78. The van der Waals surface area contributed by atoms with Gasteiger partial charge in [-0.2, -0.15) is 0 Å². The first-order valence-electron chi connectivity index (χ1n) is 7.45. The summed E-state index contributed by atoms with van der Waals surface area (Å²) in [6, 6.07) is 11.0. The predicted octanol–water partition coefficient (Wildman–Crippen LogP) is 2.50. The van der Waals surface area contributed by atoms with Crippen molar-refractivity contribution in [3.05, 3.63) is 65.5 Å². The van der Waals surface area contributed by atoms with Gasteiger partial charge in [0.1, 0.15) is 5.82 Å². The van der Waals surface area contributed by atoms with E-state index in [1.54, 1.807) is 19.1 Å². The summed E-state index contributed by atoms with van der Waals surface area (Å²) in [5.41, 5.74) is 1.07. The average Bonchev–Trinajstić information content (AvgIpc) is 2.61. The topological polar surface area (TPSA) is 75.7 Å². The summed E-state index contributed by atoms with van der Waals surface area (Å²) in [5, 5.41) is 2.78. The van der Waals surface area contributed by atoms with Crippen LogP contribution < -0.4 is 5.32 Å². The monoisotopic (exact) mass is 366 g/mol. The normalized spacial score (nSPS) is 12.8. The van der Waals surface area contributed by atoms with Crippen molar-refractivity contribution in [2.45, 2.75) is 17.9 Å². The minimum absolute atomic E-state index is 0.0139. The van der Waals surface area contributed by atoms with Crippen LogP contribution in [0.3, 0.4) is 0 Å². The van der Waals surface area contributed by atoms with Gasteiger partial charge >= 0.3 is 0 Å². The minimum Gasteiger partial charge on any atom is -0.346 e. The van der Waals surface area contributed by atoms with Gasteiger partial charge in [-0.25, -0.2) is 12.8 Å². The van der Waals surface area contributed by atoms with Gasteiger partial charge in [-0.15, -0.1) is 0 Å². The number of carbonyl (C=O) groups excluding carboxylic acids is 1. The standard InChI is InChI=1S/C17H19FN2O4S/c1-12(13-4-8-15(18)9-5-13)19-17(21)14-6-10-16(11-7-14)25(22,23)20(2)24-3/h4-12H,1-3H3,(H,19,21)/t12-/m0/s1. The van der Waals surface area contributed by atoms with E-state index in [0.29, 0.717) is 5.56 Å². The zero-order chi connectivity index (χ0) is 18.6. The smallest absolute Gasteiger partial charge is 0.264 e. The van der Waals surface area contributed by atoms with Gasteiger partial charge in [0.25, 0.3) is 15.9 Å². The fourth-order valence-corrected chi connectivity index (χ4v) is 3.11. The molecule has 134 valence electrons. The van der Waals surface area contributed by atoms with E-state index in [-0.39, 0.29) is 22.7 Å². The van der Waals surface area contributed by atoms with Crippen molar-refractivity contribution < 1.29 is 22.4 Å². The predicted molar refractivity (Wildman–Crippen MR) is 90.7 cm³/mol. The number of benzene rings is 2. The lowest BCUT2D eigenvalue weighted by Crippen LogP contribution is -2.27. The molecule has 2 rings (SSSR count). The third-order valence-corrected chi connectivity index (χ3v) is 5.42. The highest BCUT2D eigenvalue weighted by Crippen LogP contribution is 2.17. The van der Waals surface area contributed by atoms with Crippen molar-refractivity contribution in [1.82, 2.24) is 9.79 Å². The molecule has 0 fully saturated rings. The van der Waals surface area contributed by atoms with E-state index in [2.05, 4.69) is 5.32 Å². The number of nitrogens with zero attached hydrogens (tertiary/aromatic N) is 1. The summed E-state index contributed by atoms with van der Waals surface area (Å²) >= 11 is 0. The highest BCUT2D eigenvalue weighted by molar-refractivity contribution is 7.89. The van der Waals surface area contributed by atoms with Crippen LogP contribution in [0.4, 0.5) is 4.39 Å². The van der Waals surface area contributed by atoms with Crippen LogP contribution in [0.2, 0.25) is 0 Å². The van der Waals surface area contributed by atoms with E-state index >= 15 is 0 Å². The molecule has 0 aliphatic rings. The van der Waals surface area contributed by atoms with Crippen LogP contribution >= 0.6 is 0 Å². The van der Waals surface area contributed by atoms with Gasteiger partial charge in [0, 0.05) is 12.6 Å². The number of hydroxylamine groups is 1. The molecule has 25 heavy (non-hydrogen) atoms. The molecule has 0 aliphatic carbocycles. The molecule has 0 saturated carbocycles. The van der Waals surface area contributed by atoms with Crippen LogP contribution in [0.15, 0.2) is 53.4 Å². The Balaban J connectivity index is 2.11. The molecule has 6 nitrogen and oxygen atoms in total. The Morgan fingerprint density at radius 1 is 1.12 bits per heavy atom. The molecule has 1 N–H and O–H groups in total. The van der Waals surface area contributed by atoms with E-state index in [0.717, 1.165) is 10.0 Å². The Bertz CT molecular complexity index is 836. The Morgan fingerprint density at radius 3 is 2.20 bits per heavy atom. The maximum absolute atomic E-state index is 12.9. The fourth-order valence-electron chi connectivity index (χ4n) is 2.14. The lowest BCUT2D eigenvalue weighted by atomic mass is 10.1. The largest absolute Gasteiger partial charge is 0.346 e. The molecule has 8 heteroatoms. The van der Waals surface area contributed by atoms with Crippen LogP contribution in [-0.2, 0) is 14.9 Å². The summed E-state index contributed by atoms with van der Waals surface area (Å²) in [4.78, 5) is 17.0. The molecule has 0 unspecified atom stereocenters. The van der Waals surface area contributed by atoms with Gasteiger partial charge in [-0.1, -0.05) is 16.6 Å². The van der Waals surface area contributed by atoms with Gasteiger partial charge in [-0.05, 0) is 48.9 Å². The molecule has 0 bridgehead atoms. The number of halogens is 1. The molecule has 0 aromatic heterocycles. The van der Waals surface area contributed by atoms with Gasteiger partial charge < -0.3 is 5.32 Å². The fraction of sp³-hybridized carbons (Fsp3) is 0.235. The van der Waals surface area contributed by atoms with E-state index in [1.165, 1.54) is 50.6 Å². The minimum atomic E-state index is -3.76. The molecule has 0 saturated heterocycles. The SMILES string of the molecule is CON(C)S(=O)(=O)c1ccc(C(=O)N[C@@H](C)c2ccc(F)cc2)cc1. The lowest BCUT2D eigenvalue weighted by Gasteiger charge is -2.16. The second kappa shape index (κ2) is 7.73. The van der Waals surface area contributed by atoms with Crippen molar-refractivity contribution in [2.75, 3.05) is 14.2 Å². The maximum atomic E-state index is 12.9. The van der Waals surface area contributed by atoms with Gasteiger partial charge in [0.15, 0.2) is 0 Å². The summed E-state index contributed by atoms with van der Waals surface area (Å²) in [7, 11) is -1.23. The second-order valence-electron chi connectivity index (χ2n) is 5.37. The number of sulfonamides is 1. The summed E-state index contributed by atoms with van der Waals surface area (Å²) in [5.74, 6) is -0.707. The highest BCUT2D eigenvalue weighted by atomic mass is 32.2. The molecule has 0 spiro atoms. The second-order valence-corrected chi connectivity index (χ2v) is 7.30. The average molecular weight is 366 g/mol. The van der Waals surface area contributed by atoms with Crippen LogP contribution in [0.5, 0.6) is 0 Å². The van der Waals surface area contributed by atoms with Crippen molar-refractivity contribution in [3.63, 3.8) is 0 Å². The van der Waals surface area contributed by atoms with Crippen LogP contribution in [0.25, 0.3) is 0 Å². The molecule has 0 radical (unpaired) electrons. The molecule has 2 aromatic carbocycles. The van der Waals surface area contributed by atoms with Gasteiger partial charge in [0.2, 0.25) is 0 Å². The van der Waals surface area contributed by atoms with Crippen LogP contribution in [0, 0.1) is 5.82 Å². The Morgan fingerprint density at radius 2 is 1.68 bits per heavy atom. The van der Waals surface area contributed by atoms with Crippen molar-refractivity contribution in [3.8, 4) is 0 Å². The van der Waals surface area contributed by atoms with E-state index in [9.17, 15) is 17.6 Å². The van der Waals surface area contributed by atoms with Gasteiger partial charge in [-0.3, -0.25) is 9.63 Å². The Hall–Kier alpha value is -2.29. The molecule has 0 aliphatic heterocycles. The van der Waals surface area contributed by atoms with Crippen LogP contribution in [-0.4, -0.2) is 33.0 Å². The van der Waals surface area contributed by atoms with E-state index in [1.807, 2.05) is 0 Å². The first kappa shape index (κ1) is 19.0. The third-order valence-electron chi connectivity index (χ3n) is 3.73. The maximum Gasteiger partial charge on any atom is 0.264 e. The molecular weight excluding hydrogens is 347 g/mol. The van der Waals surface area contributed by atoms with Crippen LogP contribution in [0.1, 0.15) is 28.9 Å². The van der Waals surface area contributed by atoms with Crippen molar-refractivity contribution >= 4 is 15.9 Å². The van der Waals surface area contributed by atoms with E-state index in [4.69, 9.17) is 4.84 Å².